The molecule has 0 bridgehead atoms. The molecular weight excluding hydrogens is 174 g/mol. The zero-order valence-corrected chi connectivity index (χ0v) is 9.30. The predicted molar refractivity (Wildman–Crippen MR) is 64.6 cm³/mol. The maximum Gasteiger partial charge on any atom is 0.0341 e. The minimum atomic E-state index is 0.807. The van der Waals surface area contributed by atoms with Gasteiger partial charge in [0.2, 0.25) is 0 Å². The number of anilines is 2. The monoisotopic (exact) mass is 195 g/mol. The van der Waals surface area contributed by atoms with Crippen LogP contribution in [0.3, 0.4) is 0 Å². The Balaban J connectivity index is 0.000000364. The second-order valence-electron chi connectivity index (χ2n) is 2.86. The highest BCUT2D eigenvalue weighted by Crippen LogP contribution is 2.09. The first-order chi connectivity index (χ1) is 6.74. The number of nitrogens with two attached hydrogens (primary N) is 1. The van der Waals surface area contributed by atoms with E-state index in [1.165, 1.54) is 0 Å². The van der Waals surface area contributed by atoms with Crippen molar-refractivity contribution in [3.05, 3.63) is 24.3 Å². The van der Waals surface area contributed by atoms with Crippen molar-refractivity contribution in [3.8, 4) is 0 Å². The molecule has 0 radical (unpaired) electrons. The van der Waals surface area contributed by atoms with Gasteiger partial charge in [-0.05, 0) is 44.8 Å². The smallest absolute Gasteiger partial charge is 0.0341 e. The van der Waals surface area contributed by atoms with Gasteiger partial charge in [0.05, 0.1) is 0 Å². The molecule has 0 spiro atoms. The van der Waals surface area contributed by atoms with Gasteiger partial charge in [-0.1, -0.05) is 6.92 Å². The number of hydrogen-bond acceptors (Lipinski definition) is 3. The zero-order chi connectivity index (χ0) is 10.8. The Morgan fingerprint density at radius 2 is 1.57 bits per heavy atom. The SMILES string of the molecule is CCNC.CCNc1ccc(N)cc1. The van der Waals surface area contributed by atoms with Crippen LogP contribution in [-0.4, -0.2) is 20.1 Å². The van der Waals surface area contributed by atoms with Gasteiger partial charge in [-0.3, -0.25) is 0 Å². The third-order valence-corrected chi connectivity index (χ3v) is 1.65. The van der Waals surface area contributed by atoms with Crippen LogP contribution in [0.2, 0.25) is 0 Å². The Hall–Kier alpha value is -1.22. The van der Waals surface area contributed by atoms with E-state index in [0.29, 0.717) is 0 Å². The molecule has 0 saturated carbocycles. The van der Waals surface area contributed by atoms with Crippen molar-refractivity contribution < 1.29 is 0 Å². The van der Waals surface area contributed by atoms with Crippen molar-refractivity contribution in [2.24, 2.45) is 0 Å². The molecule has 0 aliphatic rings. The van der Waals surface area contributed by atoms with Crippen LogP contribution in [0.15, 0.2) is 24.3 Å². The van der Waals surface area contributed by atoms with E-state index in [1.807, 2.05) is 31.3 Å². The van der Waals surface area contributed by atoms with Gasteiger partial charge >= 0.3 is 0 Å². The van der Waals surface area contributed by atoms with Gasteiger partial charge in [-0.2, -0.15) is 0 Å². The largest absolute Gasteiger partial charge is 0.399 e. The molecule has 0 amide bonds. The Bertz CT molecular complexity index is 216. The minimum Gasteiger partial charge on any atom is -0.399 e. The molecule has 0 saturated heterocycles. The Kier molecular flexibility index (Phi) is 7.65. The first-order valence-corrected chi connectivity index (χ1v) is 4.98. The fourth-order valence-corrected chi connectivity index (χ4v) is 0.805. The fraction of sp³-hybridized carbons (Fsp3) is 0.455. The van der Waals surface area contributed by atoms with Crippen LogP contribution in [0.1, 0.15) is 13.8 Å². The summed E-state index contributed by atoms with van der Waals surface area (Å²) in [7, 11) is 1.93. The number of nitrogens with one attached hydrogen (secondary N) is 2. The van der Waals surface area contributed by atoms with Crippen LogP contribution < -0.4 is 16.4 Å². The molecule has 1 aromatic rings. The summed E-state index contributed by atoms with van der Waals surface area (Å²) in [5.74, 6) is 0. The van der Waals surface area contributed by atoms with Crippen LogP contribution in [0.25, 0.3) is 0 Å². The van der Waals surface area contributed by atoms with Crippen molar-refractivity contribution in [2.75, 3.05) is 31.2 Å². The summed E-state index contributed by atoms with van der Waals surface area (Å²) in [4.78, 5) is 0. The molecule has 3 nitrogen and oxygen atoms in total. The highest BCUT2D eigenvalue weighted by molar-refractivity contribution is 5.50. The first-order valence-electron chi connectivity index (χ1n) is 4.98. The summed E-state index contributed by atoms with van der Waals surface area (Å²) in [6, 6.07) is 7.72. The average molecular weight is 195 g/mol. The van der Waals surface area contributed by atoms with Gasteiger partial charge in [-0.25, -0.2) is 0 Å². The molecule has 0 fully saturated rings. The molecular formula is C11H21N3. The maximum atomic E-state index is 5.50. The highest BCUT2D eigenvalue weighted by Gasteiger charge is 1.86. The zero-order valence-electron chi connectivity index (χ0n) is 9.30. The molecule has 14 heavy (non-hydrogen) atoms. The molecule has 0 atom stereocenters. The summed E-state index contributed by atoms with van der Waals surface area (Å²) in [5.41, 5.74) is 7.42. The molecule has 0 aromatic heterocycles. The molecule has 4 N–H and O–H groups in total. The third-order valence-electron chi connectivity index (χ3n) is 1.65. The molecule has 0 aliphatic carbocycles. The summed E-state index contributed by atoms with van der Waals surface area (Å²) >= 11 is 0. The van der Waals surface area contributed by atoms with E-state index in [0.717, 1.165) is 24.5 Å². The van der Waals surface area contributed by atoms with Crippen LogP contribution in [0.5, 0.6) is 0 Å². The average Bonchev–Trinajstić information content (AvgIpc) is 2.22. The summed E-state index contributed by atoms with van der Waals surface area (Å²) < 4.78 is 0. The van der Waals surface area contributed by atoms with E-state index in [1.54, 1.807) is 0 Å². The fourth-order valence-electron chi connectivity index (χ4n) is 0.805. The van der Waals surface area contributed by atoms with Gasteiger partial charge in [0.25, 0.3) is 0 Å². The Labute approximate surface area is 86.7 Å². The molecule has 3 heteroatoms. The van der Waals surface area contributed by atoms with Gasteiger partial charge in [0, 0.05) is 17.9 Å². The van der Waals surface area contributed by atoms with Crippen molar-refractivity contribution >= 4 is 11.4 Å². The molecule has 0 aliphatic heterocycles. The summed E-state index contributed by atoms with van der Waals surface area (Å²) in [6.45, 7) is 6.15. The quantitative estimate of drug-likeness (QED) is 0.646. The van der Waals surface area contributed by atoms with Crippen LogP contribution in [0, 0.1) is 0 Å². The second kappa shape index (κ2) is 8.38. The predicted octanol–water partition coefficient (Wildman–Crippen LogP) is 1.93. The standard InChI is InChI=1S/C8H12N2.C3H9N/c1-2-10-8-5-3-7(9)4-6-8;1-3-4-2/h3-6,10H,2,9H2,1H3;4H,3H2,1-2H3. The van der Waals surface area contributed by atoms with Gasteiger partial charge < -0.3 is 16.4 Å². The topological polar surface area (TPSA) is 50.1 Å². The van der Waals surface area contributed by atoms with Crippen molar-refractivity contribution in [3.63, 3.8) is 0 Å². The van der Waals surface area contributed by atoms with Crippen molar-refractivity contribution in [2.45, 2.75) is 13.8 Å². The lowest BCUT2D eigenvalue weighted by Crippen LogP contribution is -2.01. The number of benzene rings is 1. The van der Waals surface area contributed by atoms with E-state index in [-0.39, 0.29) is 0 Å². The molecule has 0 heterocycles. The highest BCUT2D eigenvalue weighted by atomic mass is 14.8. The molecule has 1 aromatic carbocycles. The summed E-state index contributed by atoms with van der Waals surface area (Å²) in [5, 5.41) is 6.11. The molecule has 1 rings (SSSR count). The second-order valence-corrected chi connectivity index (χ2v) is 2.86. The summed E-state index contributed by atoms with van der Waals surface area (Å²) in [6.07, 6.45) is 0. The van der Waals surface area contributed by atoms with E-state index in [4.69, 9.17) is 5.73 Å². The van der Waals surface area contributed by atoms with Crippen LogP contribution >= 0.6 is 0 Å². The van der Waals surface area contributed by atoms with Gasteiger partial charge in [0.15, 0.2) is 0 Å². The molecule has 80 valence electrons. The maximum absolute atomic E-state index is 5.50. The number of rotatable bonds is 3. The van der Waals surface area contributed by atoms with Gasteiger partial charge in [-0.15, -0.1) is 0 Å². The lowest BCUT2D eigenvalue weighted by molar-refractivity contribution is 0.864. The van der Waals surface area contributed by atoms with E-state index in [9.17, 15) is 0 Å². The van der Waals surface area contributed by atoms with Crippen molar-refractivity contribution in [1.82, 2.24) is 5.32 Å². The van der Waals surface area contributed by atoms with E-state index < -0.39 is 0 Å². The van der Waals surface area contributed by atoms with E-state index >= 15 is 0 Å². The lowest BCUT2D eigenvalue weighted by Gasteiger charge is -2.01. The van der Waals surface area contributed by atoms with Gasteiger partial charge in [0.1, 0.15) is 0 Å². The number of hydrogen-bond donors (Lipinski definition) is 3. The third kappa shape index (κ3) is 6.31. The van der Waals surface area contributed by atoms with Crippen LogP contribution in [0.4, 0.5) is 11.4 Å². The van der Waals surface area contributed by atoms with E-state index in [2.05, 4.69) is 24.5 Å². The minimum absolute atomic E-state index is 0.807. The van der Waals surface area contributed by atoms with Crippen LogP contribution in [-0.2, 0) is 0 Å². The lowest BCUT2D eigenvalue weighted by atomic mass is 10.3. The number of nitrogen functional groups attached to an aromatic ring is 1. The normalized spacial score (nSPS) is 8.79. The van der Waals surface area contributed by atoms with Crippen molar-refractivity contribution in [1.29, 1.82) is 0 Å². The first kappa shape index (κ1) is 12.8. The molecule has 0 unspecified atom stereocenters. The Morgan fingerprint density at radius 3 is 1.93 bits per heavy atom. The Morgan fingerprint density at radius 1 is 1.07 bits per heavy atom.